The molecule has 1 saturated heterocycles. The van der Waals surface area contributed by atoms with E-state index in [-0.39, 0.29) is 48.8 Å². The van der Waals surface area contributed by atoms with Crippen molar-refractivity contribution >= 4 is 23.3 Å². The second-order valence-electron chi connectivity index (χ2n) is 9.82. The minimum Gasteiger partial charge on any atom is -0.487 e. The van der Waals surface area contributed by atoms with Crippen LogP contribution in [-0.4, -0.2) is 48.0 Å². The molecule has 3 aliphatic rings. The summed E-state index contributed by atoms with van der Waals surface area (Å²) < 4.78 is 26.0. The number of amides is 3. The first-order chi connectivity index (χ1) is 17.5. The number of anilines is 2. The van der Waals surface area contributed by atoms with Crippen LogP contribution in [0.15, 0.2) is 42.5 Å². The van der Waals surface area contributed by atoms with Crippen molar-refractivity contribution in [2.75, 3.05) is 17.2 Å². The molecule has 3 amide bonds. The van der Waals surface area contributed by atoms with Gasteiger partial charge in [0.15, 0.2) is 0 Å². The molecule has 0 aromatic heterocycles. The van der Waals surface area contributed by atoms with E-state index in [1.807, 2.05) is 6.07 Å². The van der Waals surface area contributed by atoms with Crippen molar-refractivity contribution in [2.24, 2.45) is 0 Å². The van der Waals surface area contributed by atoms with Gasteiger partial charge < -0.3 is 30.5 Å². The van der Waals surface area contributed by atoms with Gasteiger partial charge in [-0.15, -0.1) is 0 Å². The molecule has 5 rings (SSSR count). The Labute approximate surface area is 209 Å². The number of urea groups is 1. The van der Waals surface area contributed by atoms with Crippen LogP contribution in [0.25, 0.3) is 0 Å². The molecule has 4 N–H and O–H groups in total. The third-order valence-corrected chi connectivity index (χ3v) is 7.26. The summed E-state index contributed by atoms with van der Waals surface area (Å²) in [5, 5.41) is 18.4. The Kier molecular flexibility index (Phi) is 7.38. The van der Waals surface area contributed by atoms with Crippen molar-refractivity contribution in [3.8, 4) is 5.75 Å². The second-order valence-corrected chi connectivity index (χ2v) is 9.82. The zero-order chi connectivity index (χ0) is 25.1. The second kappa shape index (κ2) is 10.8. The first-order valence-corrected chi connectivity index (χ1v) is 12.7. The number of ether oxygens (including phenoxy) is 2. The van der Waals surface area contributed by atoms with Crippen molar-refractivity contribution in [1.29, 1.82) is 0 Å². The molecule has 8 nitrogen and oxygen atoms in total. The largest absolute Gasteiger partial charge is 0.487 e. The Balaban J connectivity index is 1.25. The molecule has 0 radical (unpaired) electrons. The monoisotopic (exact) mass is 497 g/mol. The average molecular weight is 498 g/mol. The summed E-state index contributed by atoms with van der Waals surface area (Å²) in [5.74, 6) is 0.0317. The van der Waals surface area contributed by atoms with Gasteiger partial charge in [-0.1, -0.05) is 31.4 Å². The van der Waals surface area contributed by atoms with Gasteiger partial charge >= 0.3 is 6.03 Å². The Morgan fingerprint density at radius 3 is 2.64 bits per heavy atom. The number of carbonyl (C=O) groups excluding carboxylic acids is 2. The van der Waals surface area contributed by atoms with Gasteiger partial charge in [-0.25, -0.2) is 9.18 Å². The van der Waals surface area contributed by atoms with Crippen molar-refractivity contribution in [1.82, 2.24) is 5.32 Å². The van der Waals surface area contributed by atoms with Crippen LogP contribution in [0.2, 0.25) is 0 Å². The van der Waals surface area contributed by atoms with Crippen LogP contribution in [0.5, 0.6) is 5.75 Å². The quantitative estimate of drug-likeness (QED) is 0.476. The standard InChI is InChI=1S/C27H32FN3O5/c28-21-8-4-5-9-22(21)31-27(34)30-17-10-11-23-19(12-17)20-13-18(35-24(15-32)26(20)36-23)14-25(33)29-16-6-2-1-3-7-16/h4-5,8-12,16,18,20,24,26,32H,1-3,6-7,13-15H2,(H,29,33)(H2,30,31,34)/t18-,20+,24-,26-/m1/s1. The highest BCUT2D eigenvalue weighted by Gasteiger charge is 2.46. The molecule has 2 fully saturated rings. The molecule has 1 aliphatic carbocycles. The third kappa shape index (κ3) is 5.47. The highest BCUT2D eigenvalue weighted by Crippen LogP contribution is 2.47. The number of halogens is 1. The molecule has 2 aromatic carbocycles. The number of fused-ring (bicyclic) bond motifs is 3. The minimum absolute atomic E-state index is 0.0265. The maximum absolute atomic E-state index is 13.9. The lowest BCUT2D eigenvalue weighted by molar-refractivity contribution is -0.142. The summed E-state index contributed by atoms with van der Waals surface area (Å²) >= 11 is 0. The predicted molar refractivity (Wildman–Crippen MR) is 133 cm³/mol. The van der Waals surface area contributed by atoms with Crippen LogP contribution in [0.3, 0.4) is 0 Å². The van der Waals surface area contributed by atoms with Gasteiger partial charge in [0.1, 0.15) is 23.8 Å². The van der Waals surface area contributed by atoms with Crippen LogP contribution in [-0.2, 0) is 9.53 Å². The summed E-state index contributed by atoms with van der Waals surface area (Å²) in [5.41, 5.74) is 1.51. The maximum Gasteiger partial charge on any atom is 0.323 e. The highest BCUT2D eigenvalue weighted by atomic mass is 19.1. The van der Waals surface area contributed by atoms with E-state index in [1.165, 1.54) is 18.6 Å². The van der Waals surface area contributed by atoms with Gasteiger partial charge in [-0.05, 0) is 49.6 Å². The summed E-state index contributed by atoms with van der Waals surface area (Å²) in [6.07, 6.45) is 5.07. The van der Waals surface area contributed by atoms with E-state index in [9.17, 15) is 19.1 Å². The van der Waals surface area contributed by atoms with Crippen molar-refractivity contribution in [2.45, 2.75) is 75.2 Å². The molecule has 2 aliphatic heterocycles. The molecule has 0 spiro atoms. The van der Waals surface area contributed by atoms with E-state index in [4.69, 9.17) is 9.47 Å². The fourth-order valence-electron chi connectivity index (χ4n) is 5.55. The first kappa shape index (κ1) is 24.5. The van der Waals surface area contributed by atoms with Crippen LogP contribution in [0.4, 0.5) is 20.6 Å². The maximum atomic E-state index is 13.9. The van der Waals surface area contributed by atoms with Crippen LogP contribution < -0.4 is 20.7 Å². The van der Waals surface area contributed by atoms with Crippen LogP contribution >= 0.6 is 0 Å². The minimum atomic E-state index is -0.562. The lowest BCUT2D eigenvalue weighted by Gasteiger charge is -2.37. The topological polar surface area (TPSA) is 109 Å². The van der Waals surface area contributed by atoms with E-state index >= 15 is 0 Å². The van der Waals surface area contributed by atoms with Gasteiger partial charge in [0.05, 0.1) is 24.8 Å². The molecule has 0 bridgehead atoms. The number of rotatable bonds is 6. The molecule has 2 heterocycles. The number of para-hydroxylation sites is 1. The fraction of sp³-hybridized carbons (Fsp3) is 0.481. The molecule has 4 atom stereocenters. The predicted octanol–water partition coefficient (Wildman–Crippen LogP) is 4.30. The summed E-state index contributed by atoms with van der Waals surface area (Å²) in [6, 6.07) is 10.9. The smallest absolute Gasteiger partial charge is 0.323 e. The number of nitrogens with one attached hydrogen (secondary N) is 3. The summed E-state index contributed by atoms with van der Waals surface area (Å²) in [7, 11) is 0. The molecular formula is C27H32FN3O5. The number of hydrogen-bond donors (Lipinski definition) is 4. The van der Waals surface area contributed by atoms with Gasteiger partial charge in [0.2, 0.25) is 5.91 Å². The van der Waals surface area contributed by atoms with E-state index < -0.39 is 18.0 Å². The SMILES string of the molecule is O=C(C[C@H]1C[C@H]2c3cc(NC(=O)Nc4ccccc4F)ccc3O[C@H]2[C@@H](CO)O1)NC1CCCCC1. The zero-order valence-corrected chi connectivity index (χ0v) is 20.0. The van der Waals surface area contributed by atoms with Crippen molar-refractivity contribution < 1.29 is 28.6 Å². The number of aliphatic hydroxyl groups excluding tert-OH is 1. The number of benzene rings is 2. The normalized spacial score (nSPS) is 25.3. The van der Waals surface area contributed by atoms with Gasteiger partial charge in [0.25, 0.3) is 0 Å². The third-order valence-electron chi connectivity index (χ3n) is 7.26. The molecule has 192 valence electrons. The molecule has 1 saturated carbocycles. The van der Waals surface area contributed by atoms with Crippen molar-refractivity contribution in [3.05, 3.63) is 53.8 Å². The Morgan fingerprint density at radius 1 is 1.06 bits per heavy atom. The molecule has 36 heavy (non-hydrogen) atoms. The summed E-state index contributed by atoms with van der Waals surface area (Å²) in [6.45, 7) is -0.216. The molecule has 9 heteroatoms. The first-order valence-electron chi connectivity index (χ1n) is 12.7. The summed E-state index contributed by atoms with van der Waals surface area (Å²) in [4.78, 5) is 25.1. The van der Waals surface area contributed by atoms with Gasteiger partial charge in [-0.3, -0.25) is 4.79 Å². The van der Waals surface area contributed by atoms with Gasteiger partial charge in [0, 0.05) is 23.2 Å². The average Bonchev–Trinajstić information content (AvgIpc) is 3.23. The molecular weight excluding hydrogens is 465 g/mol. The number of aliphatic hydroxyl groups is 1. The lowest BCUT2D eigenvalue weighted by atomic mass is 9.84. The van der Waals surface area contributed by atoms with Gasteiger partial charge in [-0.2, -0.15) is 0 Å². The van der Waals surface area contributed by atoms with E-state index in [1.54, 1.807) is 24.3 Å². The van der Waals surface area contributed by atoms with Crippen LogP contribution in [0, 0.1) is 5.82 Å². The highest BCUT2D eigenvalue weighted by molar-refractivity contribution is 5.99. The Bertz CT molecular complexity index is 1110. The van der Waals surface area contributed by atoms with Crippen molar-refractivity contribution in [3.63, 3.8) is 0 Å². The van der Waals surface area contributed by atoms with E-state index in [2.05, 4.69) is 16.0 Å². The fourth-order valence-corrected chi connectivity index (χ4v) is 5.55. The van der Waals surface area contributed by atoms with Crippen LogP contribution in [0.1, 0.15) is 56.4 Å². The Morgan fingerprint density at radius 2 is 1.86 bits per heavy atom. The zero-order valence-electron chi connectivity index (χ0n) is 20.0. The lowest BCUT2D eigenvalue weighted by Crippen LogP contribution is -2.48. The Hall–Kier alpha value is -3.17. The molecule has 2 aromatic rings. The number of carbonyl (C=O) groups is 2. The van der Waals surface area contributed by atoms with E-state index in [0.717, 1.165) is 31.2 Å². The molecule has 0 unspecified atom stereocenters. The number of hydrogen-bond acceptors (Lipinski definition) is 5. The van der Waals surface area contributed by atoms with E-state index in [0.29, 0.717) is 17.9 Å².